The number of aliphatic hydroxyl groups excluding tert-OH is 1. The van der Waals surface area contributed by atoms with Gasteiger partial charge in [-0.05, 0) is 46.1 Å². The van der Waals surface area contributed by atoms with E-state index in [4.69, 9.17) is 0 Å². The van der Waals surface area contributed by atoms with Gasteiger partial charge in [-0.15, -0.1) is 0 Å². The lowest BCUT2D eigenvalue weighted by Gasteiger charge is -2.16. The molecule has 0 heterocycles. The van der Waals surface area contributed by atoms with Crippen molar-refractivity contribution in [1.82, 2.24) is 5.32 Å². The molecular weight excluding hydrogens is 334 g/mol. The molecule has 0 bridgehead atoms. The minimum atomic E-state index is -0.370. The maximum absolute atomic E-state index is 12.1. The Morgan fingerprint density at radius 1 is 1.19 bits per heavy atom. The first kappa shape index (κ1) is 15.5. The highest BCUT2D eigenvalue weighted by Gasteiger charge is 2.14. The molecule has 5 heteroatoms. The van der Waals surface area contributed by atoms with Crippen LogP contribution in [0.3, 0.4) is 0 Å². The summed E-state index contributed by atoms with van der Waals surface area (Å²) in [6.07, 6.45) is 0.547. The summed E-state index contributed by atoms with van der Waals surface area (Å²) in [6.45, 7) is -0.150. The summed E-state index contributed by atoms with van der Waals surface area (Å²) in [5.74, 6) is -0.320. The highest BCUT2D eigenvalue weighted by Crippen LogP contribution is 2.24. The fourth-order valence-corrected chi connectivity index (χ4v) is 2.23. The van der Waals surface area contributed by atoms with E-state index < -0.39 is 0 Å². The van der Waals surface area contributed by atoms with Gasteiger partial charge in [0.05, 0.1) is 17.1 Å². The largest absolute Gasteiger partial charge is 0.507 e. The third-order valence-electron chi connectivity index (χ3n) is 3.09. The Hall–Kier alpha value is -1.85. The first-order valence-corrected chi connectivity index (χ1v) is 7.33. The number of benzene rings is 2. The standard InChI is InChI=1S/C16H16BrNO3/c17-14-7-6-12(9-15(14)20)16(21)18-13(10-19)8-11-4-2-1-3-5-11/h1-7,9,13,19-20H,8,10H2,(H,18,21)/t13-/m1/s1. The molecule has 21 heavy (non-hydrogen) atoms. The second kappa shape index (κ2) is 7.24. The molecule has 2 aromatic carbocycles. The van der Waals surface area contributed by atoms with Gasteiger partial charge in [-0.1, -0.05) is 30.3 Å². The van der Waals surface area contributed by atoms with Crippen molar-refractivity contribution >= 4 is 21.8 Å². The summed E-state index contributed by atoms with van der Waals surface area (Å²) in [6, 6.07) is 13.9. The van der Waals surface area contributed by atoms with Crippen molar-refractivity contribution in [2.24, 2.45) is 0 Å². The van der Waals surface area contributed by atoms with Crippen LogP contribution in [0.15, 0.2) is 53.0 Å². The fraction of sp³-hybridized carbons (Fsp3) is 0.188. The molecule has 0 saturated carbocycles. The Balaban J connectivity index is 2.04. The summed E-state index contributed by atoms with van der Waals surface area (Å²) in [5.41, 5.74) is 1.39. The number of aromatic hydroxyl groups is 1. The van der Waals surface area contributed by atoms with Crippen molar-refractivity contribution in [3.8, 4) is 5.75 Å². The molecule has 2 aromatic rings. The number of phenols is 1. The summed E-state index contributed by atoms with van der Waals surface area (Å²) in [5, 5.41) is 21.8. The minimum Gasteiger partial charge on any atom is -0.507 e. The predicted octanol–water partition coefficient (Wildman–Crippen LogP) is 2.49. The number of hydrogen-bond donors (Lipinski definition) is 3. The van der Waals surface area contributed by atoms with Crippen LogP contribution in [-0.4, -0.2) is 28.8 Å². The van der Waals surface area contributed by atoms with Crippen LogP contribution in [0, 0.1) is 0 Å². The van der Waals surface area contributed by atoms with Crippen molar-refractivity contribution in [3.05, 3.63) is 64.1 Å². The van der Waals surface area contributed by atoms with Crippen LogP contribution < -0.4 is 5.32 Å². The monoisotopic (exact) mass is 349 g/mol. The lowest BCUT2D eigenvalue weighted by atomic mass is 10.1. The van der Waals surface area contributed by atoms with Crippen LogP contribution in [0.4, 0.5) is 0 Å². The summed E-state index contributed by atoms with van der Waals surface area (Å²) >= 11 is 3.17. The third kappa shape index (κ3) is 4.31. The van der Waals surface area contributed by atoms with Gasteiger partial charge in [-0.3, -0.25) is 4.79 Å². The molecule has 0 spiro atoms. The number of nitrogens with one attached hydrogen (secondary N) is 1. The van der Waals surface area contributed by atoms with E-state index in [2.05, 4.69) is 21.2 Å². The highest BCUT2D eigenvalue weighted by atomic mass is 79.9. The molecule has 110 valence electrons. The van der Waals surface area contributed by atoms with Gasteiger partial charge in [0, 0.05) is 5.56 Å². The predicted molar refractivity (Wildman–Crippen MR) is 84.3 cm³/mol. The minimum absolute atomic E-state index is 0.00579. The van der Waals surface area contributed by atoms with E-state index in [1.807, 2.05) is 30.3 Å². The van der Waals surface area contributed by atoms with Crippen molar-refractivity contribution in [2.45, 2.75) is 12.5 Å². The van der Waals surface area contributed by atoms with Crippen LogP contribution in [0.5, 0.6) is 5.75 Å². The molecule has 4 nitrogen and oxygen atoms in total. The number of aliphatic hydroxyl groups is 1. The lowest BCUT2D eigenvalue weighted by molar-refractivity contribution is 0.0916. The summed E-state index contributed by atoms with van der Waals surface area (Å²) < 4.78 is 0.530. The SMILES string of the molecule is O=C(N[C@@H](CO)Cc1ccccc1)c1ccc(Br)c(O)c1. The molecular formula is C16H16BrNO3. The molecule has 0 radical (unpaired) electrons. The Labute approximate surface area is 131 Å². The lowest BCUT2D eigenvalue weighted by Crippen LogP contribution is -2.39. The average Bonchev–Trinajstić information content (AvgIpc) is 2.50. The second-order valence-electron chi connectivity index (χ2n) is 4.71. The molecule has 0 fully saturated rings. The smallest absolute Gasteiger partial charge is 0.251 e. The third-order valence-corrected chi connectivity index (χ3v) is 3.76. The fourth-order valence-electron chi connectivity index (χ4n) is 1.98. The first-order valence-electron chi connectivity index (χ1n) is 6.54. The molecule has 0 aliphatic rings. The van der Waals surface area contributed by atoms with Crippen LogP contribution in [0.25, 0.3) is 0 Å². The van der Waals surface area contributed by atoms with Gasteiger partial charge in [-0.2, -0.15) is 0 Å². The average molecular weight is 350 g/mol. The van der Waals surface area contributed by atoms with E-state index in [9.17, 15) is 15.0 Å². The summed E-state index contributed by atoms with van der Waals surface area (Å²) in [7, 11) is 0. The van der Waals surface area contributed by atoms with Gasteiger partial charge in [0.25, 0.3) is 5.91 Å². The first-order chi connectivity index (χ1) is 10.1. The number of amides is 1. The Morgan fingerprint density at radius 2 is 1.90 bits per heavy atom. The molecule has 2 rings (SSSR count). The topological polar surface area (TPSA) is 69.6 Å². The zero-order valence-electron chi connectivity index (χ0n) is 11.3. The Bertz CT molecular complexity index is 616. The molecule has 1 amide bonds. The molecule has 0 unspecified atom stereocenters. The van der Waals surface area contributed by atoms with Crippen LogP contribution >= 0.6 is 15.9 Å². The molecule has 0 aliphatic heterocycles. The van der Waals surface area contributed by atoms with E-state index in [1.165, 1.54) is 6.07 Å². The number of carbonyl (C=O) groups excluding carboxylic acids is 1. The zero-order valence-corrected chi connectivity index (χ0v) is 12.9. The van der Waals surface area contributed by atoms with Crippen LogP contribution in [0.1, 0.15) is 15.9 Å². The van der Waals surface area contributed by atoms with Crippen LogP contribution in [0.2, 0.25) is 0 Å². The molecule has 1 atom stereocenters. The van der Waals surface area contributed by atoms with Gasteiger partial charge in [0.1, 0.15) is 5.75 Å². The van der Waals surface area contributed by atoms with Crippen molar-refractivity contribution in [1.29, 1.82) is 0 Å². The van der Waals surface area contributed by atoms with E-state index >= 15 is 0 Å². The van der Waals surface area contributed by atoms with Gasteiger partial charge < -0.3 is 15.5 Å². The van der Waals surface area contributed by atoms with E-state index in [-0.39, 0.29) is 24.3 Å². The van der Waals surface area contributed by atoms with Crippen molar-refractivity contribution < 1.29 is 15.0 Å². The normalized spacial score (nSPS) is 11.9. The van der Waals surface area contributed by atoms with Gasteiger partial charge in [-0.25, -0.2) is 0 Å². The highest BCUT2D eigenvalue weighted by molar-refractivity contribution is 9.10. The van der Waals surface area contributed by atoms with Crippen molar-refractivity contribution in [3.63, 3.8) is 0 Å². The number of hydrogen-bond acceptors (Lipinski definition) is 3. The van der Waals surface area contributed by atoms with Crippen molar-refractivity contribution in [2.75, 3.05) is 6.61 Å². The van der Waals surface area contributed by atoms with Gasteiger partial charge >= 0.3 is 0 Å². The zero-order chi connectivity index (χ0) is 15.2. The van der Waals surface area contributed by atoms with E-state index in [0.29, 0.717) is 16.5 Å². The quantitative estimate of drug-likeness (QED) is 0.776. The number of rotatable bonds is 5. The van der Waals surface area contributed by atoms with E-state index in [1.54, 1.807) is 12.1 Å². The van der Waals surface area contributed by atoms with Crippen LogP contribution in [-0.2, 0) is 6.42 Å². The maximum Gasteiger partial charge on any atom is 0.251 e. The second-order valence-corrected chi connectivity index (χ2v) is 5.56. The van der Waals surface area contributed by atoms with E-state index in [0.717, 1.165) is 5.56 Å². The summed E-state index contributed by atoms with van der Waals surface area (Å²) in [4.78, 5) is 12.1. The molecule has 0 saturated heterocycles. The molecule has 3 N–H and O–H groups in total. The number of halogens is 1. The Morgan fingerprint density at radius 3 is 2.52 bits per heavy atom. The number of carbonyl (C=O) groups is 1. The van der Waals surface area contributed by atoms with Gasteiger partial charge in [0.2, 0.25) is 0 Å². The molecule has 0 aliphatic carbocycles. The molecule has 0 aromatic heterocycles. The Kier molecular flexibility index (Phi) is 5.36. The van der Waals surface area contributed by atoms with Gasteiger partial charge in [0.15, 0.2) is 0 Å². The number of phenolic OH excluding ortho intramolecular Hbond substituents is 1. The maximum atomic E-state index is 12.1.